The zero-order valence-electron chi connectivity index (χ0n) is 27.3. The maximum Gasteiger partial charge on any atom is 0.408 e. The quantitative estimate of drug-likeness (QED) is 0.218. The molecule has 44 heavy (non-hydrogen) atoms. The van der Waals surface area contributed by atoms with E-state index in [1.54, 1.807) is 37.8 Å². The monoisotopic (exact) mass is 601 g/mol. The van der Waals surface area contributed by atoms with Crippen molar-refractivity contribution in [3.8, 4) is 5.75 Å². The van der Waals surface area contributed by atoms with Gasteiger partial charge in [-0.25, -0.2) is 4.79 Å². The van der Waals surface area contributed by atoms with Gasteiger partial charge in [-0.05, 0) is 100 Å². The lowest BCUT2D eigenvalue weighted by molar-refractivity contribution is -0.140. The van der Waals surface area contributed by atoms with Gasteiger partial charge in [0.15, 0.2) is 0 Å². The summed E-state index contributed by atoms with van der Waals surface area (Å²) in [5, 5.41) is 15.7. The van der Waals surface area contributed by atoms with Gasteiger partial charge in [0.05, 0.1) is 0 Å². The van der Waals surface area contributed by atoms with Crippen molar-refractivity contribution in [2.75, 3.05) is 11.9 Å². The number of carbonyl (C=O) groups is 3. The molecule has 3 N–H and O–H groups in total. The Bertz CT molecular complexity index is 1420. The molecule has 0 heterocycles. The number of anilines is 1. The number of aromatic hydroxyl groups is 1. The number of carbonyl (C=O) groups excluding carboxylic acids is 3. The molecule has 3 amide bonds. The molecular weight excluding hydrogens is 554 g/mol. The van der Waals surface area contributed by atoms with E-state index >= 15 is 0 Å². The Balaban J connectivity index is 2.14. The van der Waals surface area contributed by atoms with Crippen LogP contribution in [0.15, 0.2) is 60.7 Å². The number of rotatable bonds is 11. The van der Waals surface area contributed by atoms with Gasteiger partial charge in [0.2, 0.25) is 5.91 Å². The van der Waals surface area contributed by atoms with Crippen molar-refractivity contribution in [1.29, 1.82) is 0 Å². The number of alkyl carbamates (subject to hydrolysis) is 1. The van der Waals surface area contributed by atoms with Gasteiger partial charge in [-0.2, -0.15) is 0 Å². The van der Waals surface area contributed by atoms with Crippen LogP contribution in [-0.2, 0) is 20.7 Å². The highest BCUT2D eigenvalue weighted by Gasteiger charge is 2.37. The molecule has 8 nitrogen and oxygen atoms in total. The van der Waals surface area contributed by atoms with Crippen LogP contribution in [0.3, 0.4) is 0 Å². The molecule has 0 aliphatic rings. The Morgan fingerprint density at radius 2 is 1.41 bits per heavy atom. The summed E-state index contributed by atoms with van der Waals surface area (Å²) in [7, 11) is 0. The zero-order chi connectivity index (χ0) is 32.6. The number of aryl methyl sites for hydroxylation is 4. The maximum absolute atomic E-state index is 14.7. The lowest BCUT2D eigenvalue weighted by Crippen LogP contribution is -2.53. The van der Waals surface area contributed by atoms with Gasteiger partial charge in [0, 0.05) is 18.7 Å². The number of nitrogens with zero attached hydrogens (tertiary/aromatic N) is 1. The van der Waals surface area contributed by atoms with Crippen LogP contribution < -0.4 is 10.6 Å². The van der Waals surface area contributed by atoms with Crippen LogP contribution in [0.25, 0.3) is 0 Å². The largest absolute Gasteiger partial charge is 0.508 e. The predicted molar refractivity (Wildman–Crippen MR) is 175 cm³/mol. The van der Waals surface area contributed by atoms with Crippen LogP contribution in [0.4, 0.5) is 10.5 Å². The number of amides is 3. The van der Waals surface area contributed by atoms with Crippen LogP contribution in [0, 0.1) is 27.7 Å². The number of phenolic OH excluding ortho intramolecular Hbond substituents is 1. The highest BCUT2D eigenvalue weighted by Crippen LogP contribution is 2.31. The summed E-state index contributed by atoms with van der Waals surface area (Å²) < 4.78 is 5.53. The molecule has 3 rings (SSSR count). The minimum atomic E-state index is -1.04. The lowest BCUT2D eigenvalue weighted by atomic mass is 9.92. The Labute approximate surface area is 261 Å². The fourth-order valence-corrected chi connectivity index (χ4v) is 5.30. The highest BCUT2D eigenvalue weighted by atomic mass is 16.6. The molecule has 3 aromatic rings. The van der Waals surface area contributed by atoms with Crippen LogP contribution in [0.1, 0.15) is 80.0 Å². The first-order chi connectivity index (χ1) is 20.7. The van der Waals surface area contributed by atoms with Crippen molar-refractivity contribution >= 4 is 23.6 Å². The summed E-state index contributed by atoms with van der Waals surface area (Å²) in [6.45, 7) is 15.4. The van der Waals surface area contributed by atoms with E-state index in [1.165, 1.54) is 12.1 Å². The minimum Gasteiger partial charge on any atom is -0.508 e. The third-order valence-electron chi connectivity index (χ3n) is 7.51. The number of hydrogen-bond acceptors (Lipinski definition) is 5. The molecule has 0 spiro atoms. The molecular formula is C36H47N3O5. The molecule has 3 aromatic carbocycles. The van der Waals surface area contributed by atoms with Crippen molar-refractivity contribution in [2.45, 2.75) is 92.3 Å². The smallest absolute Gasteiger partial charge is 0.408 e. The molecule has 0 aromatic heterocycles. The number of para-hydroxylation sites is 1. The van der Waals surface area contributed by atoms with E-state index in [2.05, 4.69) is 10.6 Å². The van der Waals surface area contributed by atoms with Gasteiger partial charge in [-0.15, -0.1) is 0 Å². The molecule has 236 valence electrons. The molecule has 0 aliphatic carbocycles. The number of phenols is 1. The standard InChI is InChI=1S/C36H47N3O5/c1-9-10-21-39(34(42)29(37-35(43)44-36(6,7)8)22-27-17-19-28(40)20-18-27)32(30-23(2)13-11-14-24(30)3)33(41)38-31-25(4)15-12-16-26(31)5/h11-20,29,32,40H,9-10,21-22H2,1-8H3,(H,37,43)(H,38,41). The fraction of sp³-hybridized carbons (Fsp3) is 0.417. The van der Waals surface area contributed by atoms with Crippen LogP contribution in [0.5, 0.6) is 5.75 Å². The average Bonchev–Trinajstić information content (AvgIpc) is 2.93. The molecule has 8 heteroatoms. The van der Waals surface area contributed by atoms with Crippen molar-refractivity contribution in [3.63, 3.8) is 0 Å². The molecule has 0 radical (unpaired) electrons. The molecule has 0 aliphatic heterocycles. The van der Waals surface area contributed by atoms with Crippen molar-refractivity contribution in [1.82, 2.24) is 10.2 Å². The predicted octanol–water partition coefficient (Wildman–Crippen LogP) is 7.07. The molecule has 0 saturated heterocycles. The van der Waals surface area contributed by atoms with Gasteiger partial charge in [0.1, 0.15) is 23.4 Å². The van der Waals surface area contributed by atoms with Crippen LogP contribution in [-0.4, -0.2) is 46.1 Å². The van der Waals surface area contributed by atoms with E-state index in [9.17, 15) is 19.5 Å². The van der Waals surface area contributed by atoms with E-state index in [4.69, 9.17) is 4.74 Å². The SMILES string of the molecule is CCCCN(C(=O)C(Cc1ccc(O)cc1)NC(=O)OC(C)(C)C)C(C(=O)Nc1c(C)cccc1C)c1c(C)cccc1C. The van der Waals surface area contributed by atoms with E-state index in [-0.39, 0.29) is 18.1 Å². The van der Waals surface area contributed by atoms with Crippen LogP contribution in [0.2, 0.25) is 0 Å². The molecule has 0 saturated carbocycles. The Hall–Kier alpha value is -4.33. The first kappa shape index (κ1) is 34.2. The summed E-state index contributed by atoms with van der Waals surface area (Å²) in [4.78, 5) is 43.7. The van der Waals surface area contributed by atoms with Gasteiger partial charge in [-0.3, -0.25) is 9.59 Å². The zero-order valence-corrected chi connectivity index (χ0v) is 27.3. The Kier molecular flexibility index (Phi) is 11.6. The van der Waals surface area contributed by atoms with Crippen LogP contribution >= 0.6 is 0 Å². The second kappa shape index (κ2) is 14.9. The van der Waals surface area contributed by atoms with Gasteiger partial charge in [-0.1, -0.05) is 61.9 Å². The molecule has 2 atom stereocenters. The third-order valence-corrected chi connectivity index (χ3v) is 7.51. The second-order valence-electron chi connectivity index (χ2n) is 12.4. The third kappa shape index (κ3) is 9.09. The van der Waals surface area contributed by atoms with E-state index < -0.39 is 29.7 Å². The summed E-state index contributed by atoms with van der Waals surface area (Å²) in [6.07, 6.45) is 0.860. The summed E-state index contributed by atoms with van der Waals surface area (Å²) in [6, 6.07) is 16.1. The number of ether oxygens (including phenoxy) is 1. The van der Waals surface area contributed by atoms with Gasteiger partial charge in [0.25, 0.3) is 5.91 Å². The normalized spacial score (nSPS) is 12.6. The van der Waals surface area contributed by atoms with E-state index in [0.717, 1.165) is 39.8 Å². The van der Waals surface area contributed by atoms with Gasteiger partial charge < -0.3 is 25.4 Å². The minimum absolute atomic E-state index is 0.0968. The Morgan fingerprint density at radius 3 is 1.93 bits per heavy atom. The highest BCUT2D eigenvalue weighted by molar-refractivity contribution is 6.00. The summed E-state index contributed by atoms with van der Waals surface area (Å²) in [5.41, 5.74) is 5.03. The summed E-state index contributed by atoms with van der Waals surface area (Å²) in [5.74, 6) is -0.633. The van der Waals surface area contributed by atoms with Crippen molar-refractivity contribution < 1.29 is 24.2 Å². The lowest BCUT2D eigenvalue weighted by Gasteiger charge is -2.36. The topological polar surface area (TPSA) is 108 Å². The average molecular weight is 602 g/mol. The van der Waals surface area contributed by atoms with Crippen molar-refractivity contribution in [3.05, 3.63) is 94.0 Å². The Morgan fingerprint density at radius 1 is 0.864 bits per heavy atom. The van der Waals surface area contributed by atoms with E-state index in [0.29, 0.717) is 18.7 Å². The number of hydrogen-bond donors (Lipinski definition) is 3. The summed E-state index contributed by atoms with van der Waals surface area (Å²) >= 11 is 0. The maximum atomic E-state index is 14.7. The molecule has 0 fully saturated rings. The van der Waals surface area contributed by atoms with Gasteiger partial charge >= 0.3 is 6.09 Å². The first-order valence-electron chi connectivity index (χ1n) is 15.2. The van der Waals surface area contributed by atoms with Crippen molar-refractivity contribution in [2.24, 2.45) is 0 Å². The number of unbranched alkanes of at least 4 members (excludes halogenated alkanes) is 1. The number of benzene rings is 3. The molecule has 2 unspecified atom stereocenters. The van der Waals surface area contributed by atoms with E-state index in [1.807, 2.05) is 71.0 Å². The fourth-order valence-electron chi connectivity index (χ4n) is 5.30. The first-order valence-corrected chi connectivity index (χ1v) is 15.2. The number of nitrogens with one attached hydrogen (secondary N) is 2. The second-order valence-corrected chi connectivity index (χ2v) is 12.4. The molecule has 0 bridgehead atoms.